The quantitative estimate of drug-likeness (QED) is 0.0204. The second-order valence-corrected chi connectivity index (χ2v) is 22.5. The fourth-order valence-corrected chi connectivity index (χ4v) is 10.5. The lowest BCUT2D eigenvalue weighted by molar-refractivity contribution is -0.359. The summed E-state index contributed by atoms with van der Waals surface area (Å²) in [7, 11) is 0. The number of hydrogen-bond donors (Lipinski definition) is 9. The normalized spacial score (nSPS) is 24.9. The second-order valence-electron chi connectivity index (χ2n) is 22.5. The van der Waals surface area contributed by atoms with E-state index in [1.165, 1.54) is 154 Å². The molecule has 9 N–H and O–H groups in total. The number of aliphatic hydroxyl groups is 8. The van der Waals surface area contributed by atoms with Gasteiger partial charge in [0.15, 0.2) is 12.6 Å². The molecule has 0 bridgehead atoms. The summed E-state index contributed by atoms with van der Waals surface area (Å²) in [5, 5.41) is 87.4. The molecular formula is C63H117NO13. The molecule has 2 saturated heterocycles. The van der Waals surface area contributed by atoms with Crippen LogP contribution in [0.4, 0.5) is 0 Å². The predicted molar refractivity (Wildman–Crippen MR) is 309 cm³/mol. The largest absolute Gasteiger partial charge is 0.394 e. The number of ether oxygens (including phenoxy) is 4. The van der Waals surface area contributed by atoms with Crippen LogP contribution in [0.5, 0.6) is 0 Å². The minimum absolute atomic E-state index is 0.217. The molecule has 0 spiro atoms. The Morgan fingerprint density at radius 1 is 0.468 bits per heavy atom. The van der Waals surface area contributed by atoms with Crippen LogP contribution in [0.25, 0.3) is 0 Å². The van der Waals surface area contributed by atoms with Gasteiger partial charge in [0.25, 0.3) is 0 Å². The minimum atomic E-state index is -1.78. The van der Waals surface area contributed by atoms with Crippen LogP contribution in [-0.4, -0.2) is 140 Å². The maximum Gasteiger partial charge on any atom is 0.220 e. The first kappa shape index (κ1) is 71.3. The average molecular weight is 1100 g/mol. The lowest BCUT2D eigenvalue weighted by Gasteiger charge is -2.46. The van der Waals surface area contributed by atoms with Crippen molar-refractivity contribution < 1.29 is 64.6 Å². The number of hydrogen-bond acceptors (Lipinski definition) is 13. The summed E-state index contributed by atoms with van der Waals surface area (Å²) in [6.07, 6.45) is 42.8. The van der Waals surface area contributed by atoms with Gasteiger partial charge in [0.1, 0.15) is 48.8 Å². The monoisotopic (exact) mass is 1100 g/mol. The molecule has 0 aromatic carbocycles. The molecule has 77 heavy (non-hydrogen) atoms. The van der Waals surface area contributed by atoms with Gasteiger partial charge >= 0.3 is 0 Å². The van der Waals surface area contributed by atoms with Crippen molar-refractivity contribution in [1.29, 1.82) is 0 Å². The Balaban J connectivity index is 1.73. The van der Waals surface area contributed by atoms with Gasteiger partial charge in [0.2, 0.25) is 5.91 Å². The number of amides is 1. The third kappa shape index (κ3) is 34.3. The van der Waals surface area contributed by atoms with Crippen molar-refractivity contribution in [2.24, 2.45) is 0 Å². The van der Waals surface area contributed by atoms with Crippen LogP contribution in [0, 0.1) is 0 Å². The van der Waals surface area contributed by atoms with Gasteiger partial charge < -0.3 is 65.1 Å². The van der Waals surface area contributed by atoms with Gasteiger partial charge in [0.05, 0.1) is 32.0 Å². The van der Waals surface area contributed by atoms with Crippen molar-refractivity contribution >= 4 is 5.91 Å². The Morgan fingerprint density at radius 3 is 1.34 bits per heavy atom. The van der Waals surface area contributed by atoms with Gasteiger partial charge in [0, 0.05) is 6.42 Å². The lowest BCUT2D eigenvalue weighted by atomic mass is 9.97. The summed E-state index contributed by atoms with van der Waals surface area (Å²) >= 11 is 0. The fourth-order valence-electron chi connectivity index (χ4n) is 10.5. The molecule has 0 aliphatic carbocycles. The Labute approximate surface area is 468 Å². The summed E-state index contributed by atoms with van der Waals surface area (Å²) in [5.74, 6) is -0.217. The summed E-state index contributed by atoms with van der Waals surface area (Å²) in [5.41, 5.74) is 0. The van der Waals surface area contributed by atoms with E-state index in [2.05, 4.69) is 55.6 Å². The molecule has 14 heteroatoms. The van der Waals surface area contributed by atoms with E-state index in [9.17, 15) is 45.6 Å². The molecule has 2 fully saturated rings. The second kappa shape index (κ2) is 48.9. The number of nitrogens with one attached hydrogen (secondary N) is 1. The van der Waals surface area contributed by atoms with Crippen molar-refractivity contribution in [2.45, 2.75) is 338 Å². The van der Waals surface area contributed by atoms with E-state index in [-0.39, 0.29) is 12.5 Å². The fraction of sp³-hybridized carbons (Fsp3) is 0.889. The Bertz CT molecular complexity index is 1430. The lowest BCUT2D eigenvalue weighted by Crippen LogP contribution is -2.65. The van der Waals surface area contributed by atoms with Crippen molar-refractivity contribution in [3.8, 4) is 0 Å². The van der Waals surface area contributed by atoms with Gasteiger partial charge in [-0.25, -0.2) is 0 Å². The van der Waals surface area contributed by atoms with Crippen LogP contribution in [0.15, 0.2) is 36.5 Å². The van der Waals surface area contributed by atoms with Gasteiger partial charge in [-0.15, -0.1) is 0 Å². The van der Waals surface area contributed by atoms with Gasteiger partial charge in [-0.3, -0.25) is 4.79 Å². The average Bonchev–Trinajstić information content (AvgIpc) is 3.44. The van der Waals surface area contributed by atoms with E-state index in [0.29, 0.717) is 19.3 Å². The smallest absolute Gasteiger partial charge is 0.220 e. The Hall–Kier alpha value is -1.79. The minimum Gasteiger partial charge on any atom is -0.394 e. The van der Waals surface area contributed by atoms with E-state index in [1.807, 2.05) is 0 Å². The third-order valence-corrected chi connectivity index (χ3v) is 15.6. The van der Waals surface area contributed by atoms with Crippen LogP contribution in [0.1, 0.15) is 264 Å². The first-order chi connectivity index (χ1) is 37.6. The highest BCUT2D eigenvalue weighted by Gasteiger charge is 2.51. The predicted octanol–water partition coefficient (Wildman–Crippen LogP) is 11.4. The summed E-state index contributed by atoms with van der Waals surface area (Å²) in [6.45, 7) is 2.85. The van der Waals surface area contributed by atoms with Gasteiger partial charge in [-0.2, -0.15) is 0 Å². The van der Waals surface area contributed by atoms with Gasteiger partial charge in [-0.05, 0) is 51.4 Å². The van der Waals surface area contributed by atoms with Crippen molar-refractivity contribution in [1.82, 2.24) is 5.32 Å². The first-order valence-electron chi connectivity index (χ1n) is 31.7. The first-order valence-corrected chi connectivity index (χ1v) is 31.7. The highest BCUT2D eigenvalue weighted by molar-refractivity contribution is 5.76. The molecule has 14 nitrogen and oxygen atoms in total. The molecule has 12 unspecified atom stereocenters. The molecular weight excluding hydrogens is 979 g/mol. The summed E-state index contributed by atoms with van der Waals surface area (Å²) < 4.78 is 22.9. The van der Waals surface area contributed by atoms with E-state index in [4.69, 9.17) is 18.9 Å². The van der Waals surface area contributed by atoms with Crippen LogP contribution >= 0.6 is 0 Å². The molecule has 2 heterocycles. The SMILES string of the molecule is CCCCC/C=C\C/C=C\C/C=C\CCCCCCCCC(=O)NC(COC1OC(CO)C(OC2OC(CO)C(O)C(O)C2O)C(O)C1O)C(O)CCCCCCCCCCCCCCCCCCCCCCCCCC. The number of unbranched alkanes of at least 4 members (excludes halogenated alkanes) is 32. The number of rotatable bonds is 51. The van der Waals surface area contributed by atoms with E-state index < -0.39 is 86.8 Å². The maximum atomic E-state index is 13.3. The third-order valence-electron chi connectivity index (χ3n) is 15.6. The zero-order valence-electron chi connectivity index (χ0n) is 48.7. The van der Waals surface area contributed by atoms with Crippen molar-refractivity contribution in [3.05, 3.63) is 36.5 Å². The summed E-state index contributed by atoms with van der Waals surface area (Å²) in [6, 6.07) is -0.837. The number of aliphatic hydroxyl groups excluding tert-OH is 8. The molecule has 2 aliphatic rings. The number of allylic oxidation sites excluding steroid dienone is 6. The van der Waals surface area contributed by atoms with Gasteiger partial charge in [-0.1, -0.05) is 243 Å². The van der Waals surface area contributed by atoms with Crippen LogP contribution in [0.3, 0.4) is 0 Å². The zero-order chi connectivity index (χ0) is 56.0. The Kier molecular flexibility index (Phi) is 45.3. The molecule has 2 rings (SSSR count). The van der Waals surface area contributed by atoms with Crippen LogP contribution < -0.4 is 5.32 Å². The molecule has 452 valence electrons. The zero-order valence-corrected chi connectivity index (χ0v) is 48.7. The molecule has 0 aromatic rings. The van der Waals surface area contributed by atoms with E-state index >= 15 is 0 Å². The van der Waals surface area contributed by atoms with Crippen molar-refractivity contribution in [3.63, 3.8) is 0 Å². The van der Waals surface area contributed by atoms with E-state index in [1.54, 1.807) is 0 Å². The molecule has 0 saturated carbocycles. The highest BCUT2D eigenvalue weighted by Crippen LogP contribution is 2.30. The maximum absolute atomic E-state index is 13.3. The topological polar surface area (TPSA) is 228 Å². The summed E-state index contributed by atoms with van der Waals surface area (Å²) in [4.78, 5) is 13.3. The number of carbonyl (C=O) groups is 1. The molecule has 12 atom stereocenters. The molecule has 0 radical (unpaired) electrons. The standard InChI is InChI=1S/C63H117NO13/c1-3-5-7-9-11-13-15-17-19-21-23-24-25-26-27-29-30-32-34-36-38-40-42-44-46-52(67)51(64-55(68)47-45-43-41-39-37-35-33-31-28-22-20-18-16-14-12-10-8-6-4-2)50-74-62-60(73)58(71)61(54(49-66)76-62)77-63-59(72)57(70)56(69)53(48-65)75-63/h12,14,18,20,28,31,51-54,56-63,65-67,69-73H,3-11,13,15-17,19,21-27,29-30,32-50H2,1-2H3,(H,64,68)/b14-12-,20-18-,31-28-. The van der Waals surface area contributed by atoms with Crippen LogP contribution in [-0.2, 0) is 23.7 Å². The van der Waals surface area contributed by atoms with E-state index in [0.717, 1.165) is 77.0 Å². The highest BCUT2D eigenvalue weighted by atomic mass is 16.7. The molecule has 1 amide bonds. The Morgan fingerprint density at radius 2 is 0.857 bits per heavy atom. The van der Waals surface area contributed by atoms with Crippen LogP contribution in [0.2, 0.25) is 0 Å². The number of carbonyl (C=O) groups excluding carboxylic acids is 1. The molecule has 2 aliphatic heterocycles. The van der Waals surface area contributed by atoms with Crippen molar-refractivity contribution in [2.75, 3.05) is 19.8 Å². The molecule has 0 aromatic heterocycles.